The summed E-state index contributed by atoms with van der Waals surface area (Å²) in [4.78, 5) is 0. The fraction of sp³-hybridized carbons (Fsp3) is 0. The highest BCUT2D eigenvalue weighted by Gasteiger charge is 2.29. The second kappa shape index (κ2) is 4.64. The molecular formula is C14H3F7O2. The fourth-order valence-electron chi connectivity index (χ4n) is 2.36. The average Bonchev–Trinajstić information content (AvgIpc) is 2.53. The molecule has 0 aliphatic heterocycles. The number of phenolic OH excluding ortho intramolecular Hbond substituents is 2. The molecule has 0 aliphatic carbocycles. The van der Waals surface area contributed by atoms with E-state index in [-0.39, 0.29) is 6.07 Å². The zero-order valence-corrected chi connectivity index (χ0v) is 10.6. The van der Waals surface area contributed by atoms with Crippen LogP contribution in [0, 0.1) is 40.7 Å². The van der Waals surface area contributed by atoms with Crippen LogP contribution in [0.1, 0.15) is 0 Å². The quantitative estimate of drug-likeness (QED) is 0.363. The lowest BCUT2D eigenvalue weighted by Gasteiger charge is -2.12. The average molecular weight is 336 g/mol. The Balaban J connectivity index is 2.80. The van der Waals surface area contributed by atoms with Gasteiger partial charge in [-0.1, -0.05) is 0 Å². The molecule has 9 heteroatoms. The summed E-state index contributed by atoms with van der Waals surface area (Å²) < 4.78 is 95.3. The Morgan fingerprint density at radius 1 is 0.522 bits per heavy atom. The smallest absolute Gasteiger partial charge is 0.204 e. The minimum atomic E-state index is -2.27. The molecule has 0 saturated heterocycles. The van der Waals surface area contributed by atoms with Crippen LogP contribution in [0.15, 0.2) is 6.07 Å². The summed E-state index contributed by atoms with van der Waals surface area (Å²) in [5, 5.41) is 13.9. The van der Waals surface area contributed by atoms with E-state index < -0.39 is 73.8 Å². The summed E-state index contributed by atoms with van der Waals surface area (Å²) >= 11 is 0. The van der Waals surface area contributed by atoms with Crippen molar-refractivity contribution in [1.82, 2.24) is 0 Å². The Morgan fingerprint density at radius 2 is 1.00 bits per heavy atom. The molecular weight excluding hydrogens is 333 g/mol. The van der Waals surface area contributed by atoms with Gasteiger partial charge in [-0.3, -0.25) is 0 Å². The third kappa shape index (κ3) is 1.76. The van der Waals surface area contributed by atoms with Crippen LogP contribution < -0.4 is 0 Å². The largest absolute Gasteiger partial charge is 0.504 e. The highest BCUT2D eigenvalue weighted by Crippen LogP contribution is 2.43. The van der Waals surface area contributed by atoms with Gasteiger partial charge in [0.2, 0.25) is 11.6 Å². The number of fused-ring (bicyclic) bond motifs is 3. The van der Waals surface area contributed by atoms with Crippen molar-refractivity contribution in [2.75, 3.05) is 0 Å². The van der Waals surface area contributed by atoms with Gasteiger partial charge in [-0.2, -0.15) is 8.78 Å². The van der Waals surface area contributed by atoms with Gasteiger partial charge >= 0.3 is 0 Å². The zero-order valence-electron chi connectivity index (χ0n) is 10.6. The van der Waals surface area contributed by atoms with Gasteiger partial charge in [0.15, 0.2) is 34.8 Å². The monoisotopic (exact) mass is 336 g/mol. The van der Waals surface area contributed by atoms with Gasteiger partial charge in [0.1, 0.15) is 5.82 Å². The van der Waals surface area contributed by atoms with Crippen LogP contribution in [-0.2, 0) is 0 Å². The van der Waals surface area contributed by atoms with Crippen LogP contribution in [0.5, 0.6) is 11.5 Å². The van der Waals surface area contributed by atoms with E-state index in [0.29, 0.717) is 0 Å². The molecule has 0 atom stereocenters. The van der Waals surface area contributed by atoms with Gasteiger partial charge < -0.3 is 10.2 Å². The molecule has 0 spiro atoms. The van der Waals surface area contributed by atoms with Crippen LogP contribution >= 0.6 is 0 Å². The van der Waals surface area contributed by atoms with E-state index in [4.69, 9.17) is 0 Å². The van der Waals surface area contributed by atoms with Crippen LogP contribution in [0.25, 0.3) is 21.5 Å². The number of phenols is 2. The van der Waals surface area contributed by atoms with Gasteiger partial charge in [0.25, 0.3) is 0 Å². The Morgan fingerprint density at radius 3 is 1.57 bits per heavy atom. The van der Waals surface area contributed by atoms with E-state index in [9.17, 15) is 40.9 Å². The number of halogens is 7. The maximum Gasteiger partial charge on any atom is 0.204 e. The van der Waals surface area contributed by atoms with Crippen molar-refractivity contribution in [3.05, 3.63) is 46.8 Å². The van der Waals surface area contributed by atoms with E-state index in [1.54, 1.807) is 0 Å². The predicted octanol–water partition coefficient (Wildman–Crippen LogP) is 4.38. The summed E-state index contributed by atoms with van der Waals surface area (Å²) in [5.41, 5.74) is 0. The minimum Gasteiger partial charge on any atom is -0.504 e. The Hall–Kier alpha value is -2.71. The van der Waals surface area contributed by atoms with Crippen LogP contribution in [-0.4, -0.2) is 10.2 Å². The molecule has 0 aliphatic rings. The second-order valence-electron chi connectivity index (χ2n) is 4.61. The lowest BCUT2D eigenvalue weighted by atomic mass is 9.98. The van der Waals surface area contributed by atoms with E-state index in [1.807, 2.05) is 0 Å². The molecule has 0 heterocycles. The lowest BCUT2D eigenvalue weighted by Crippen LogP contribution is -2.01. The van der Waals surface area contributed by atoms with E-state index in [1.165, 1.54) is 0 Å². The molecule has 0 fully saturated rings. The van der Waals surface area contributed by atoms with Crippen LogP contribution in [0.4, 0.5) is 30.7 Å². The summed E-state index contributed by atoms with van der Waals surface area (Å²) in [7, 11) is 0. The van der Waals surface area contributed by atoms with Gasteiger partial charge in [-0.25, -0.2) is 22.0 Å². The molecule has 3 aromatic carbocycles. The zero-order chi connectivity index (χ0) is 17.2. The van der Waals surface area contributed by atoms with Crippen molar-refractivity contribution < 1.29 is 40.9 Å². The minimum absolute atomic E-state index is 0.231. The maximum atomic E-state index is 13.9. The molecule has 23 heavy (non-hydrogen) atoms. The van der Waals surface area contributed by atoms with Crippen molar-refractivity contribution in [2.45, 2.75) is 0 Å². The van der Waals surface area contributed by atoms with E-state index in [0.717, 1.165) is 0 Å². The van der Waals surface area contributed by atoms with Crippen molar-refractivity contribution in [3.8, 4) is 11.5 Å². The molecule has 0 radical (unpaired) electrons. The summed E-state index contributed by atoms with van der Waals surface area (Å²) in [6.45, 7) is 0. The summed E-state index contributed by atoms with van der Waals surface area (Å²) in [5.74, 6) is -17.7. The maximum absolute atomic E-state index is 13.9. The molecule has 0 unspecified atom stereocenters. The molecule has 0 amide bonds. The third-order valence-corrected chi connectivity index (χ3v) is 3.40. The first-order chi connectivity index (χ1) is 10.7. The standard InChI is InChI=1S/C14H3F7O2/c15-3-1-2-4(7(16)9(18)11(20)13(2)22)6-5(3)14(23)12(21)10(19)8(6)17/h1,22-23H. The molecule has 3 rings (SSSR count). The van der Waals surface area contributed by atoms with Crippen molar-refractivity contribution in [2.24, 2.45) is 0 Å². The normalized spacial score (nSPS) is 11.6. The van der Waals surface area contributed by atoms with E-state index in [2.05, 4.69) is 0 Å². The fourth-order valence-corrected chi connectivity index (χ4v) is 2.36. The van der Waals surface area contributed by atoms with Gasteiger partial charge in [-0.05, 0) is 6.07 Å². The predicted molar refractivity (Wildman–Crippen MR) is 64.5 cm³/mol. The number of benzene rings is 3. The Bertz CT molecular complexity index is 1010. The van der Waals surface area contributed by atoms with Gasteiger partial charge in [0, 0.05) is 16.2 Å². The highest BCUT2D eigenvalue weighted by molar-refractivity contribution is 6.12. The molecule has 3 aromatic rings. The van der Waals surface area contributed by atoms with Crippen molar-refractivity contribution >= 4 is 21.5 Å². The first-order valence-corrected chi connectivity index (χ1v) is 5.85. The van der Waals surface area contributed by atoms with Crippen LogP contribution in [0.3, 0.4) is 0 Å². The van der Waals surface area contributed by atoms with Gasteiger partial charge in [-0.15, -0.1) is 0 Å². The van der Waals surface area contributed by atoms with E-state index >= 15 is 0 Å². The second-order valence-corrected chi connectivity index (χ2v) is 4.61. The number of hydrogen-bond donors (Lipinski definition) is 2. The molecule has 0 saturated carbocycles. The van der Waals surface area contributed by atoms with Crippen molar-refractivity contribution in [1.29, 1.82) is 0 Å². The molecule has 0 bridgehead atoms. The topological polar surface area (TPSA) is 40.5 Å². The van der Waals surface area contributed by atoms with Gasteiger partial charge in [0.05, 0.1) is 5.39 Å². The van der Waals surface area contributed by atoms with Crippen LogP contribution in [0.2, 0.25) is 0 Å². The Labute approximate surface area is 122 Å². The highest BCUT2D eigenvalue weighted by atomic mass is 19.2. The summed E-state index contributed by atoms with van der Waals surface area (Å²) in [6, 6.07) is 0.231. The number of aromatic hydroxyl groups is 2. The molecule has 2 nitrogen and oxygen atoms in total. The Kier molecular flexibility index (Phi) is 3.07. The van der Waals surface area contributed by atoms with Crippen molar-refractivity contribution in [3.63, 3.8) is 0 Å². The number of rotatable bonds is 0. The third-order valence-electron chi connectivity index (χ3n) is 3.40. The SMILES string of the molecule is Oc1c(F)c(F)c(F)c2c1cc(F)c1c(O)c(F)c(F)c(F)c12. The molecule has 0 aromatic heterocycles. The molecule has 120 valence electrons. The molecule has 2 N–H and O–H groups in total. The first kappa shape index (κ1) is 15.2. The summed E-state index contributed by atoms with van der Waals surface area (Å²) in [6.07, 6.45) is 0. The lowest BCUT2D eigenvalue weighted by molar-refractivity contribution is 0.391. The number of hydrogen-bond acceptors (Lipinski definition) is 2. The first-order valence-electron chi connectivity index (χ1n) is 5.85.